The highest BCUT2D eigenvalue weighted by atomic mass is 16.4. The van der Waals surface area contributed by atoms with Crippen LogP contribution in [0.15, 0.2) is 0 Å². The van der Waals surface area contributed by atoms with Gasteiger partial charge >= 0.3 is 12.0 Å². The molecule has 0 spiro atoms. The first kappa shape index (κ1) is 16.8. The predicted octanol–water partition coefficient (Wildman–Crippen LogP) is 2.80. The number of aliphatic carboxylic acids is 1. The van der Waals surface area contributed by atoms with Crippen LogP contribution in [0.5, 0.6) is 0 Å². The first-order valence-corrected chi connectivity index (χ1v) is 7.48. The average molecular weight is 284 g/mol. The van der Waals surface area contributed by atoms with Crippen molar-refractivity contribution >= 4 is 12.0 Å². The molecule has 0 aromatic carbocycles. The normalized spacial score (nSPS) is 23.2. The third-order valence-corrected chi connectivity index (χ3v) is 4.42. The van der Waals surface area contributed by atoms with Crippen LogP contribution in [0.2, 0.25) is 0 Å². The second-order valence-corrected chi connectivity index (χ2v) is 6.56. The Bertz CT molecular complexity index is 368. The molecule has 1 aliphatic rings. The number of carbonyl (C=O) groups excluding carboxylic acids is 1. The highest BCUT2D eigenvalue weighted by molar-refractivity contribution is 5.83. The molecule has 0 bridgehead atoms. The Hall–Kier alpha value is -1.26. The van der Waals surface area contributed by atoms with Crippen molar-refractivity contribution in [1.82, 2.24) is 9.80 Å². The molecule has 1 rings (SSSR count). The maximum Gasteiger partial charge on any atom is 0.327 e. The molecule has 2 unspecified atom stereocenters. The van der Waals surface area contributed by atoms with Gasteiger partial charge in [0.05, 0.1) is 0 Å². The van der Waals surface area contributed by atoms with Gasteiger partial charge in [0, 0.05) is 19.6 Å². The number of carboxylic acids is 1. The standard InChI is InChI=1S/C15H28N2O3/c1-6-8-11(2)16(5)14(20)17-10-7-9-15(3,4)12(17)13(18)19/h11-12H,6-10H2,1-5H3,(H,18,19). The van der Waals surface area contributed by atoms with Crippen LogP contribution in [0.25, 0.3) is 0 Å². The molecule has 20 heavy (non-hydrogen) atoms. The van der Waals surface area contributed by atoms with Gasteiger partial charge in [-0.15, -0.1) is 0 Å². The smallest absolute Gasteiger partial charge is 0.327 e. The van der Waals surface area contributed by atoms with Gasteiger partial charge in [-0.25, -0.2) is 9.59 Å². The quantitative estimate of drug-likeness (QED) is 0.863. The Morgan fingerprint density at radius 1 is 1.45 bits per heavy atom. The van der Waals surface area contributed by atoms with Crippen molar-refractivity contribution < 1.29 is 14.7 Å². The van der Waals surface area contributed by atoms with E-state index >= 15 is 0 Å². The summed E-state index contributed by atoms with van der Waals surface area (Å²) < 4.78 is 0. The number of hydrogen-bond acceptors (Lipinski definition) is 2. The van der Waals surface area contributed by atoms with Crippen LogP contribution in [0.4, 0.5) is 4.79 Å². The molecular formula is C15H28N2O3. The van der Waals surface area contributed by atoms with E-state index in [-0.39, 0.29) is 17.5 Å². The lowest BCUT2D eigenvalue weighted by atomic mass is 9.76. The minimum Gasteiger partial charge on any atom is -0.480 e. The van der Waals surface area contributed by atoms with Crippen LogP contribution in [-0.2, 0) is 4.79 Å². The molecule has 0 aliphatic carbocycles. The van der Waals surface area contributed by atoms with Crippen LogP contribution in [0.3, 0.4) is 0 Å². The van der Waals surface area contributed by atoms with Crippen molar-refractivity contribution in [2.75, 3.05) is 13.6 Å². The van der Waals surface area contributed by atoms with Crippen molar-refractivity contribution in [3.8, 4) is 0 Å². The molecule has 2 atom stereocenters. The zero-order valence-corrected chi connectivity index (χ0v) is 13.3. The van der Waals surface area contributed by atoms with E-state index in [1.54, 1.807) is 11.9 Å². The Morgan fingerprint density at radius 2 is 2.05 bits per heavy atom. The zero-order chi connectivity index (χ0) is 15.5. The Labute approximate surface area is 121 Å². The molecule has 1 heterocycles. The highest BCUT2D eigenvalue weighted by Crippen LogP contribution is 2.35. The average Bonchev–Trinajstić information content (AvgIpc) is 2.35. The van der Waals surface area contributed by atoms with Crippen LogP contribution in [0, 0.1) is 5.41 Å². The summed E-state index contributed by atoms with van der Waals surface area (Å²) >= 11 is 0. The van der Waals surface area contributed by atoms with Crippen molar-refractivity contribution in [3.63, 3.8) is 0 Å². The summed E-state index contributed by atoms with van der Waals surface area (Å²) in [5.41, 5.74) is -0.380. The molecule has 5 nitrogen and oxygen atoms in total. The minimum atomic E-state index is -0.903. The number of likely N-dealkylation sites (tertiary alicyclic amines) is 1. The lowest BCUT2D eigenvalue weighted by molar-refractivity contribution is -0.148. The molecule has 5 heteroatoms. The second-order valence-electron chi connectivity index (χ2n) is 6.56. The summed E-state index contributed by atoms with van der Waals surface area (Å²) in [6.45, 7) is 8.48. The largest absolute Gasteiger partial charge is 0.480 e. The third-order valence-electron chi connectivity index (χ3n) is 4.42. The Kier molecular flexibility index (Phi) is 5.42. The van der Waals surface area contributed by atoms with Crippen LogP contribution >= 0.6 is 0 Å². The van der Waals surface area contributed by atoms with Gasteiger partial charge in [-0.3, -0.25) is 0 Å². The summed E-state index contributed by atoms with van der Waals surface area (Å²) in [6, 6.07) is -0.766. The van der Waals surface area contributed by atoms with Crippen LogP contribution < -0.4 is 0 Å². The fraction of sp³-hybridized carbons (Fsp3) is 0.867. The van der Waals surface area contributed by atoms with E-state index in [1.807, 2.05) is 20.8 Å². The molecule has 0 aromatic heterocycles. The monoisotopic (exact) mass is 284 g/mol. The topological polar surface area (TPSA) is 60.9 Å². The lowest BCUT2D eigenvalue weighted by Gasteiger charge is -2.45. The SMILES string of the molecule is CCCC(C)N(C)C(=O)N1CCCC(C)(C)C1C(=O)O. The number of rotatable bonds is 4. The molecule has 1 fully saturated rings. The van der Waals surface area contributed by atoms with Gasteiger partial charge in [0.25, 0.3) is 0 Å². The molecular weight excluding hydrogens is 256 g/mol. The first-order chi connectivity index (χ1) is 9.22. The number of piperidine rings is 1. The molecule has 1 saturated heterocycles. The zero-order valence-electron chi connectivity index (χ0n) is 13.3. The van der Waals surface area contributed by atoms with E-state index in [9.17, 15) is 14.7 Å². The number of amides is 2. The summed E-state index contributed by atoms with van der Waals surface area (Å²) in [4.78, 5) is 27.4. The fourth-order valence-corrected chi connectivity index (χ4v) is 3.07. The minimum absolute atomic E-state index is 0.131. The molecule has 0 saturated carbocycles. The number of nitrogens with zero attached hydrogens (tertiary/aromatic N) is 2. The highest BCUT2D eigenvalue weighted by Gasteiger charge is 2.45. The van der Waals surface area contributed by atoms with E-state index in [4.69, 9.17) is 0 Å². The first-order valence-electron chi connectivity index (χ1n) is 7.48. The van der Waals surface area contributed by atoms with Gasteiger partial charge in [0.1, 0.15) is 6.04 Å². The van der Waals surface area contributed by atoms with E-state index in [1.165, 1.54) is 4.90 Å². The molecule has 116 valence electrons. The predicted molar refractivity (Wildman–Crippen MR) is 78.7 cm³/mol. The summed E-state index contributed by atoms with van der Waals surface area (Å²) in [5.74, 6) is -0.903. The second kappa shape index (κ2) is 6.46. The van der Waals surface area contributed by atoms with Crippen molar-refractivity contribution in [3.05, 3.63) is 0 Å². The summed E-state index contributed by atoms with van der Waals surface area (Å²) in [6.07, 6.45) is 3.63. The van der Waals surface area contributed by atoms with Crippen molar-refractivity contribution in [2.24, 2.45) is 5.41 Å². The van der Waals surface area contributed by atoms with Crippen molar-refractivity contribution in [1.29, 1.82) is 0 Å². The number of carbonyl (C=O) groups is 2. The molecule has 2 amide bonds. The molecule has 1 aliphatic heterocycles. The maximum atomic E-state index is 12.6. The number of hydrogen-bond donors (Lipinski definition) is 1. The van der Waals surface area contributed by atoms with Gasteiger partial charge in [0.2, 0.25) is 0 Å². The fourth-order valence-electron chi connectivity index (χ4n) is 3.07. The van der Waals surface area contributed by atoms with Gasteiger partial charge in [-0.05, 0) is 31.6 Å². The van der Waals surface area contributed by atoms with E-state index in [0.717, 1.165) is 25.7 Å². The summed E-state index contributed by atoms with van der Waals surface area (Å²) in [5, 5.41) is 9.50. The molecule has 0 aromatic rings. The summed E-state index contributed by atoms with van der Waals surface area (Å²) in [7, 11) is 1.77. The van der Waals surface area contributed by atoms with Gasteiger partial charge in [-0.2, -0.15) is 0 Å². The van der Waals surface area contributed by atoms with E-state index in [0.29, 0.717) is 6.54 Å². The Morgan fingerprint density at radius 3 is 2.55 bits per heavy atom. The van der Waals surface area contributed by atoms with E-state index in [2.05, 4.69) is 6.92 Å². The number of urea groups is 1. The van der Waals surface area contributed by atoms with Gasteiger partial charge < -0.3 is 14.9 Å². The number of carboxylic acid groups (broad SMARTS) is 1. The Balaban J connectivity index is 2.91. The lowest BCUT2D eigenvalue weighted by Crippen LogP contribution is -2.59. The van der Waals surface area contributed by atoms with E-state index < -0.39 is 12.0 Å². The van der Waals surface area contributed by atoms with Crippen molar-refractivity contribution in [2.45, 2.75) is 65.5 Å². The molecule has 0 radical (unpaired) electrons. The van der Waals surface area contributed by atoms with Gasteiger partial charge in [-0.1, -0.05) is 27.2 Å². The van der Waals surface area contributed by atoms with Crippen LogP contribution in [-0.4, -0.2) is 52.6 Å². The maximum absolute atomic E-state index is 12.6. The van der Waals surface area contributed by atoms with Gasteiger partial charge in [0.15, 0.2) is 0 Å². The third kappa shape index (κ3) is 3.44. The van der Waals surface area contributed by atoms with Crippen LogP contribution in [0.1, 0.15) is 53.4 Å². The molecule has 1 N–H and O–H groups in total.